The fraction of sp³-hybridized carbons (Fsp3) is 0.333. The molecule has 0 unspecified atom stereocenters. The lowest BCUT2D eigenvalue weighted by molar-refractivity contribution is 1.18. The lowest BCUT2D eigenvalue weighted by Crippen LogP contribution is -1.64. The normalized spacial score (nSPS) is 9.29. The summed E-state index contributed by atoms with van der Waals surface area (Å²) in [5, 5.41) is 2.05. The predicted molar refractivity (Wildman–Crippen MR) is 32.5 cm³/mol. The van der Waals surface area contributed by atoms with E-state index in [1.165, 1.54) is 4.88 Å². The molecule has 0 saturated carbocycles. The Morgan fingerprint density at radius 3 is 3.00 bits per heavy atom. The molecule has 0 fully saturated rings. The summed E-state index contributed by atoms with van der Waals surface area (Å²) in [6, 6.07) is 5.07. The smallest absolute Gasteiger partial charge is 0.0121 e. The van der Waals surface area contributed by atoms with Gasteiger partial charge in [-0.25, -0.2) is 0 Å². The van der Waals surface area contributed by atoms with Gasteiger partial charge in [0.15, 0.2) is 0 Å². The number of hydrogen-bond acceptors (Lipinski definition) is 1. The van der Waals surface area contributed by atoms with Crippen LogP contribution in [0.5, 0.6) is 0 Å². The molecule has 1 radical (unpaired) electrons. The second kappa shape index (κ2) is 2.12. The summed E-state index contributed by atoms with van der Waals surface area (Å²) < 4.78 is 0. The van der Waals surface area contributed by atoms with Crippen LogP contribution < -0.4 is 0 Å². The van der Waals surface area contributed by atoms with Gasteiger partial charge in [-0.3, -0.25) is 0 Å². The first-order valence-corrected chi connectivity index (χ1v) is 3.25. The minimum absolute atomic E-state index is 1.12. The Balaban J connectivity index is 2.76. The van der Waals surface area contributed by atoms with Crippen molar-refractivity contribution in [2.24, 2.45) is 0 Å². The highest BCUT2D eigenvalue weighted by Crippen LogP contribution is 2.06. The molecule has 0 aliphatic heterocycles. The molecule has 1 heteroatoms. The maximum atomic E-state index is 3.11. The molecule has 0 saturated heterocycles. The summed E-state index contributed by atoms with van der Waals surface area (Å²) in [4.78, 5) is 1.35. The zero-order valence-electron chi connectivity index (χ0n) is 4.27. The van der Waals surface area contributed by atoms with Crippen LogP contribution in [0.1, 0.15) is 11.8 Å². The maximum absolute atomic E-state index is 3.11. The summed E-state index contributed by atoms with van der Waals surface area (Å²) in [5.41, 5.74) is 0. The van der Waals surface area contributed by atoms with Gasteiger partial charge in [-0.2, -0.15) is 0 Å². The quantitative estimate of drug-likeness (QED) is 0.520. The van der Waals surface area contributed by atoms with Crippen molar-refractivity contribution in [3.63, 3.8) is 0 Å². The van der Waals surface area contributed by atoms with Crippen LogP contribution in [0, 0.1) is 6.07 Å². The van der Waals surface area contributed by atoms with Crippen LogP contribution in [0.15, 0.2) is 11.4 Å². The number of hydrogen-bond donors (Lipinski definition) is 0. The van der Waals surface area contributed by atoms with Gasteiger partial charge in [0.25, 0.3) is 0 Å². The molecule has 1 heterocycles. The van der Waals surface area contributed by atoms with Gasteiger partial charge in [0.1, 0.15) is 0 Å². The standard InChI is InChI=1S/C6H7S/c1-2-6-4-3-5-7-6/h3,5H,2H2,1H3. The number of rotatable bonds is 1. The average molecular weight is 111 g/mol. The molecule has 1 aromatic rings. The van der Waals surface area contributed by atoms with E-state index in [-0.39, 0.29) is 0 Å². The molecule has 0 aliphatic carbocycles. The Kier molecular flexibility index (Phi) is 1.47. The molecule has 0 bridgehead atoms. The van der Waals surface area contributed by atoms with Crippen LogP contribution in [-0.2, 0) is 6.42 Å². The molecule has 0 spiro atoms. The summed E-state index contributed by atoms with van der Waals surface area (Å²) in [5.74, 6) is 0. The van der Waals surface area contributed by atoms with Crippen molar-refractivity contribution in [1.82, 2.24) is 0 Å². The average Bonchev–Trinajstić information content (AvgIpc) is 2.14. The molecule has 7 heavy (non-hydrogen) atoms. The van der Waals surface area contributed by atoms with Gasteiger partial charge in [-0.1, -0.05) is 6.92 Å². The van der Waals surface area contributed by atoms with Gasteiger partial charge < -0.3 is 0 Å². The van der Waals surface area contributed by atoms with Gasteiger partial charge in [-0.05, 0) is 23.9 Å². The van der Waals surface area contributed by atoms with E-state index in [9.17, 15) is 0 Å². The Morgan fingerprint density at radius 1 is 1.86 bits per heavy atom. The minimum Gasteiger partial charge on any atom is -0.148 e. The summed E-state index contributed by atoms with van der Waals surface area (Å²) in [6.07, 6.45) is 1.12. The van der Waals surface area contributed by atoms with Crippen LogP contribution >= 0.6 is 11.3 Å². The van der Waals surface area contributed by atoms with Gasteiger partial charge in [-0.15, -0.1) is 11.3 Å². The van der Waals surface area contributed by atoms with Crippen LogP contribution in [0.2, 0.25) is 0 Å². The van der Waals surface area contributed by atoms with E-state index in [1.807, 2.05) is 6.07 Å². The molecule has 37 valence electrons. The van der Waals surface area contributed by atoms with E-state index in [1.54, 1.807) is 11.3 Å². The maximum Gasteiger partial charge on any atom is 0.0121 e. The highest BCUT2D eigenvalue weighted by atomic mass is 32.1. The van der Waals surface area contributed by atoms with E-state index in [2.05, 4.69) is 18.4 Å². The van der Waals surface area contributed by atoms with Crippen molar-refractivity contribution >= 4 is 11.3 Å². The van der Waals surface area contributed by atoms with Crippen molar-refractivity contribution in [1.29, 1.82) is 0 Å². The third-order valence-corrected chi connectivity index (χ3v) is 1.81. The third kappa shape index (κ3) is 1.03. The molecule has 0 amide bonds. The van der Waals surface area contributed by atoms with Crippen LogP contribution in [0.25, 0.3) is 0 Å². The van der Waals surface area contributed by atoms with Crippen molar-refractivity contribution in [2.45, 2.75) is 13.3 Å². The van der Waals surface area contributed by atoms with Gasteiger partial charge in [0.05, 0.1) is 0 Å². The Hall–Kier alpha value is -0.300. The molecule has 1 aromatic heterocycles. The number of thiophene rings is 1. The Bertz CT molecular complexity index is 119. The summed E-state index contributed by atoms with van der Waals surface area (Å²) in [7, 11) is 0. The molecular formula is C6H7S. The van der Waals surface area contributed by atoms with Crippen molar-refractivity contribution in [3.05, 3.63) is 22.4 Å². The zero-order valence-corrected chi connectivity index (χ0v) is 5.09. The van der Waals surface area contributed by atoms with E-state index in [4.69, 9.17) is 0 Å². The van der Waals surface area contributed by atoms with Gasteiger partial charge in [0.2, 0.25) is 0 Å². The molecular weight excluding hydrogens is 104 g/mol. The molecule has 0 atom stereocenters. The fourth-order valence-corrected chi connectivity index (χ4v) is 1.07. The fourth-order valence-electron chi connectivity index (χ4n) is 0.463. The second-order valence-electron chi connectivity index (χ2n) is 1.34. The molecule has 0 nitrogen and oxygen atoms in total. The van der Waals surface area contributed by atoms with E-state index in [0.29, 0.717) is 0 Å². The summed E-state index contributed by atoms with van der Waals surface area (Å²) in [6.45, 7) is 2.14. The SMILES string of the molecule is CCc1[c]ccs1. The minimum atomic E-state index is 1.12. The molecule has 1 rings (SSSR count). The van der Waals surface area contributed by atoms with Crippen LogP contribution in [0.3, 0.4) is 0 Å². The first-order valence-electron chi connectivity index (χ1n) is 2.37. The Labute approximate surface area is 47.8 Å². The highest BCUT2D eigenvalue weighted by molar-refractivity contribution is 7.09. The second-order valence-corrected chi connectivity index (χ2v) is 2.34. The molecule has 0 aliphatic rings. The topological polar surface area (TPSA) is 0 Å². The van der Waals surface area contributed by atoms with Crippen LogP contribution in [-0.4, -0.2) is 0 Å². The third-order valence-electron chi connectivity index (χ3n) is 0.844. The van der Waals surface area contributed by atoms with E-state index >= 15 is 0 Å². The van der Waals surface area contributed by atoms with Crippen molar-refractivity contribution in [3.8, 4) is 0 Å². The Morgan fingerprint density at radius 2 is 2.71 bits per heavy atom. The van der Waals surface area contributed by atoms with Gasteiger partial charge in [0, 0.05) is 4.88 Å². The van der Waals surface area contributed by atoms with Gasteiger partial charge >= 0.3 is 0 Å². The lowest BCUT2D eigenvalue weighted by Gasteiger charge is -1.77. The largest absolute Gasteiger partial charge is 0.148 e. The van der Waals surface area contributed by atoms with Crippen LogP contribution in [0.4, 0.5) is 0 Å². The van der Waals surface area contributed by atoms with E-state index < -0.39 is 0 Å². The zero-order chi connectivity index (χ0) is 5.11. The monoisotopic (exact) mass is 111 g/mol. The van der Waals surface area contributed by atoms with Crippen molar-refractivity contribution in [2.75, 3.05) is 0 Å². The summed E-state index contributed by atoms with van der Waals surface area (Å²) >= 11 is 1.77. The first kappa shape index (κ1) is 4.85. The molecule has 0 aromatic carbocycles. The van der Waals surface area contributed by atoms with Crippen molar-refractivity contribution < 1.29 is 0 Å². The first-order chi connectivity index (χ1) is 3.43. The number of aryl methyl sites for hydroxylation is 1. The highest BCUT2D eigenvalue weighted by Gasteiger charge is 1.83. The van der Waals surface area contributed by atoms with E-state index in [0.717, 1.165) is 6.42 Å². The predicted octanol–water partition coefficient (Wildman–Crippen LogP) is 2.11. The lowest BCUT2D eigenvalue weighted by atomic mass is 10.4. The molecule has 0 N–H and O–H groups in total.